The van der Waals surface area contributed by atoms with E-state index in [1.54, 1.807) is 42.5 Å². The Morgan fingerprint density at radius 3 is 2.47 bits per heavy atom. The van der Waals surface area contributed by atoms with Crippen molar-refractivity contribution in [1.82, 2.24) is 9.29 Å². The van der Waals surface area contributed by atoms with Gasteiger partial charge in [0.1, 0.15) is 6.04 Å². The van der Waals surface area contributed by atoms with Gasteiger partial charge in [0.05, 0.1) is 20.1 Å². The fraction of sp³-hybridized carbons (Fsp3) is 0.333. The van der Waals surface area contributed by atoms with E-state index >= 15 is 0 Å². The van der Waals surface area contributed by atoms with E-state index in [0.29, 0.717) is 18.8 Å². The summed E-state index contributed by atoms with van der Waals surface area (Å²) in [4.78, 5) is 17.3. The van der Waals surface area contributed by atoms with Crippen LogP contribution < -0.4 is 10.6 Å². The number of fused-ring (bicyclic) bond motifs is 1. The van der Waals surface area contributed by atoms with Crippen molar-refractivity contribution >= 4 is 48.9 Å². The molecule has 1 amide bonds. The molecule has 1 aliphatic heterocycles. The first-order valence-corrected chi connectivity index (χ1v) is 12.1. The number of aromatic nitrogens is 1. The van der Waals surface area contributed by atoms with Gasteiger partial charge in [0.2, 0.25) is 15.9 Å². The summed E-state index contributed by atoms with van der Waals surface area (Å²) in [6.07, 6.45) is 1.79. The summed E-state index contributed by atoms with van der Waals surface area (Å²) in [5.41, 5.74) is 2.35. The second kappa shape index (κ2) is 8.33. The van der Waals surface area contributed by atoms with Crippen molar-refractivity contribution in [2.24, 2.45) is 0 Å². The van der Waals surface area contributed by atoms with E-state index in [9.17, 15) is 13.2 Å². The van der Waals surface area contributed by atoms with Gasteiger partial charge in [-0.1, -0.05) is 0 Å². The van der Waals surface area contributed by atoms with Crippen LogP contribution in [0, 0.1) is 6.92 Å². The topological polar surface area (TPSA) is 91.4 Å². The molecule has 1 atom stereocenters. The summed E-state index contributed by atoms with van der Waals surface area (Å²) in [6, 6.07) is 11.7. The Labute approximate surface area is 180 Å². The highest BCUT2D eigenvalue weighted by Gasteiger charge is 2.27. The first-order valence-electron chi connectivity index (χ1n) is 9.88. The quantitative estimate of drug-likeness (QED) is 0.603. The van der Waals surface area contributed by atoms with Gasteiger partial charge in [0.25, 0.3) is 0 Å². The minimum absolute atomic E-state index is 0.203. The maximum absolute atomic E-state index is 12.6. The largest absolute Gasteiger partial charge is 0.374 e. The smallest absolute Gasteiger partial charge is 0.246 e. The Morgan fingerprint density at radius 1 is 1.10 bits per heavy atom. The number of hydrogen-bond donors (Lipinski definition) is 2. The van der Waals surface area contributed by atoms with E-state index in [2.05, 4.69) is 15.6 Å². The molecule has 1 fully saturated rings. The maximum Gasteiger partial charge on any atom is 0.246 e. The van der Waals surface area contributed by atoms with E-state index in [-0.39, 0.29) is 10.8 Å². The molecule has 0 spiro atoms. The number of nitrogens with zero attached hydrogens (tertiary/aromatic N) is 2. The summed E-state index contributed by atoms with van der Waals surface area (Å²) in [7, 11) is -3.45. The van der Waals surface area contributed by atoms with Crippen molar-refractivity contribution in [3.8, 4) is 0 Å². The number of anilines is 2. The highest BCUT2D eigenvalue weighted by Crippen LogP contribution is 2.25. The molecule has 0 bridgehead atoms. The normalized spacial score (nSPS) is 15.9. The number of benzene rings is 2. The van der Waals surface area contributed by atoms with Crippen molar-refractivity contribution in [2.45, 2.75) is 37.6 Å². The number of thiazole rings is 1. The minimum atomic E-state index is -3.45. The van der Waals surface area contributed by atoms with Crippen molar-refractivity contribution in [2.75, 3.05) is 23.7 Å². The van der Waals surface area contributed by atoms with Crippen LogP contribution in [0.4, 0.5) is 11.4 Å². The lowest BCUT2D eigenvalue weighted by atomic mass is 10.2. The molecule has 4 rings (SSSR count). The molecule has 3 aromatic rings. The number of aryl methyl sites for hydroxylation is 1. The van der Waals surface area contributed by atoms with Crippen LogP contribution in [0.15, 0.2) is 47.4 Å². The lowest BCUT2D eigenvalue weighted by Gasteiger charge is -2.17. The monoisotopic (exact) mass is 444 g/mol. The zero-order valence-corrected chi connectivity index (χ0v) is 18.5. The Bertz CT molecular complexity index is 1170. The molecule has 0 radical (unpaired) electrons. The van der Waals surface area contributed by atoms with Crippen LogP contribution in [-0.4, -0.2) is 42.7 Å². The minimum Gasteiger partial charge on any atom is -0.374 e. The second-order valence-electron chi connectivity index (χ2n) is 7.41. The number of carbonyl (C=O) groups is 1. The molecule has 30 heavy (non-hydrogen) atoms. The summed E-state index contributed by atoms with van der Waals surface area (Å²) in [5.74, 6) is -0.203. The third-order valence-electron chi connectivity index (χ3n) is 5.10. The van der Waals surface area contributed by atoms with Gasteiger partial charge < -0.3 is 10.6 Å². The Balaban J connectivity index is 1.40. The van der Waals surface area contributed by atoms with Gasteiger partial charge in [-0.25, -0.2) is 13.4 Å². The Hall–Kier alpha value is -2.49. The summed E-state index contributed by atoms with van der Waals surface area (Å²) in [6.45, 7) is 4.88. The summed E-state index contributed by atoms with van der Waals surface area (Å²) < 4.78 is 27.8. The van der Waals surface area contributed by atoms with Gasteiger partial charge in [0.15, 0.2) is 0 Å². The van der Waals surface area contributed by atoms with Crippen molar-refractivity contribution in [1.29, 1.82) is 0 Å². The molecule has 0 aliphatic carbocycles. The molecule has 1 saturated heterocycles. The Kier molecular flexibility index (Phi) is 5.77. The molecule has 9 heteroatoms. The zero-order chi connectivity index (χ0) is 21.3. The number of hydrogen-bond acceptors (Lipinski definition) is 6. The molecule has 2 N–H and O–H groups in total. The van der Waals surface area contributed by atoms with Crippen LogP contribution in [0.25, 0.3) is 10.2 Å². The predicted molar refractivity (Wildman–Crippen MR) is 121 cm³/mol. The van der Waals surface area contributed by atoms with Gasteiger partial charge in [-0.2, -0.15) is 4.31 Å². The highest BCUT2D eigenvalue weighted by molar-refractivity contribution is 7.89. The lowest BCUT2D eigenvalue weighted by molar-refractivity contribution is -0.116. The number of amides is 1. The van der Waals surface area contributed by atoms with E-state index in [4.69, 9.17) is 0 Å². The standard InChI is InChI=1S/C21H24N4O3S2/c1-14(22-17-7-10-19-20(13-17)29-15(2)23-19)21(26)24-16-5-8-18(9-6-16)30(27,28)25-11-3-4-12-25/h5-10,13-14,22H,3-4,11-12H2,1-2H3,(H,24,26)/t14-/m1/s1. The third-order valence-corrected chi connectivity index (χ3v) is 7.94. The van der Waals surface area contributed by atoms with Crippen LogP contribution in [0.5, 0.6) is 0 Å². The van der Waals surface area contributed by atoms with E-state index in [1.165, 1.54) is 4.31 Å². The number of carbonyl (C=O) groups excluding carboxylic acids is 1. The Morgan fingerprint density at radius 2 is 1.77 bits per heavy atom. The first-order chi connectivity index (χ1) is 14.3. The summed E-state index contributed by atoms with van der Waals surface area (Å²) >= 11 is 1.61. The zero-order valence-electron chi connectivity index (χ0n) is 16.9. The molecule has 1 aliphatic rings. The van der Waals surface area contributed by atoms with Crippen LogP contribution in [0.1, 0.15) is 24.8 Å². The predicted octanol–water partition coefficient (Wildman–Crippen LogP) is 3.83. The highest BCUT2D eigenvalue weighted by atomic mass is 32.2. The molecule has 0 saturated carbocycles. The van der Waals surface area contributed by atoms with Gasteiger partial charge in [-0.3, -0.25) is 4.79 Å². The molecule has 158 valence electrons. The van der Waals surface area contributed by atoms with Crippen molar-refractivity contribution in [3.05, 3.63) is 47.5 Å². The molecule has 2 heterocycles. The van der Waals surface area contributed by atoms with Gasteiger partial charge in [0, 0.05) is 24.5 Å². The van der Waals surface area contributed by atoms with Crippen LogP contribution in [-0.2, 0) is 14.8 Å². The van der Waals surface area contributed by atoms with Crippen molar-refractivity contribution < 1.29 is 13.2 Å². The average Bonchev–Trinajstić information content (AvgIpc) is 3.37. The van der Waals surface area contributed by atoms with E-state index in [0.717, 1.165) is 33.8 Å². The van der Waals surface area contributed by atoms with Gasteiger partial charge in [-0.05, 0) is 69.2 Å². The third kappa shape index (κ3) is 4.33. The summed E-state index contributed by atoms with van der Waals surface area (Å²) in [5, 5.41) is 7.04. The molecule has 2 aromatic carbocycles. The van der Waals surface area contributed by atoms with E-state index < -0.39 is 16.1 Å². The van der Waals surface area contributed by atoms with Crippen molar-refractivity contribution in [3.63, 3.8) is 0 Å². The fourth-order valence-corrected chi connectivity index (χ4v) is 5.87. The average molecular weight is 445 g/mol. The molecular weight excluding hydrogens is 420 g/mol. The van der Waals surface area contributed by atoms with E-state index in [1.807, 2.05) is 25.1 Å². The molecule has 0 unspecified atom stereocenters. The van der Waals surface area contributed by atoms with Crippen LogP contribution in [0.2, 0.25) is 0 Å². The second-order valence-corrected chi connectivity index (χ2v) is 10.6. The number of sulfonamides is 1. The van der Waals surface area contributed by atoms with Gasteiger partial charge >= 0.3 is 0 Å². The SMILES string of the molecule is Cc1nc2ccc(N[C@H](C)C(=O)Nc3ccc(S(=O)(=O)N4CCCC4)cc3)cc2s1. The molecule has 7 nitrogen and oxygen atoms in total. The molecular formula is C21H24N4O3S2. The van der Waals surface area contributed by atoms with Gasteiger partial charge in [-0.15, -0.1) is 11.3 Å². The number of nitrogens with one attached hydrogen (secondary N) is 2. The fourth-order valence-electron chi connectivity index (χ4n) is 3.48. The van der Waals surface area contributed by atoms with Crippen LogP contribution >= 0.6 is 11.3 Å². The first kappa shape index (κ1) is 20.8. The molecule has 1 aromatic heterocycles. The maximum atomic E-state index is 12.6. The lowest BCUT2D eigenvalue weighted by Crippen LogP contribution is -2.32. The number of rotatable bonds is 6. The van der Waals surface area contributed by atoms with Crippen LogP contribution in [0.3, 0.4) is 0 Å².